The summed E-state index contributed by atoms with van der Waals surface area (Å²) in [6.45, 7) is 1.58. The summed E-state index contributed by atoms with van der Waals surface area (Å²) in [5.74, 6) is 2.00. The molecule has 6 nitrogen and oxygen atoms in total. The molecular weight excluding hydrogens is 328 g/mol. The molecule has 5 rings (SSSR count). The Hall–Kier alpha value is -2.76. The van der Waals surface area contributed by atoms with Gasteiger partial charge in [0.2, 0.25) is 5.91 Å². The molecule has 1 atom stereocenters. The molecule has 0 spiro atoms. The van der Waals surface area contributed by atoms with E-state index in [-0.39, 0.29) is 11.8 Å². The Labute approximate surface area is 151 Å². The molecule has 1 aliphatic heterocycles. The van der Waals surface area contributed by atoms with Crippen LogP contribution in [0.2, 0.25) is 0 Å². The number of rotatable bonds is 4. The molecule has 2 aromatic heterocycles. The maximum absolute atomic E-state index is 12.3. The van der Waals surface area contributed by atoms with E-state index < -0.39 is 0 Å². The van der Waals surface area contributed by atoms with E-state index in [9.17, 15) is 4.79 Å². The lowest BCUT2D eigenvalue weighted by atomic mass is 9.85. The number of amides is 1. The molecule has 1 aliphatic carbocycles. The van der Waals surface area contributed by atoms with Gasteiger partial charge < -0.3 is 9.42 Å². The average Bonchev–Trinajstić information content (AvgIpc) is 3.25. The van der Waals surface area contributed by atoms with Crippen molar-refractivity contribution < 1.29 is 9.32 Å². The smallest absolute Gasteiger partial charge is 0.260 e. The van der Waals surface area contributed by atoms with Crippen molar-refractivity contribution in [3.8, 4) is 11.5 Å². The van der Waals surface area contributed by atoms with Crippen LogP contribution in [0.15, 0.2) is 41.2 Å². The van der Waals surface area contributed by atoms with E-state index in [1.807, 2.05) is 35.4 Å². The third-order valence-electron chi connectivity index (χ3n) is 5.62. The first-order valence-electron chi connectivity index (χ1n) is 9.22. The van der Waals surface area contributed by atoms with Crippen LogP contribution in [0.4, 0.5) is 0 Å². The molecule has 1 unspecified atom stereocenters. The first-order valence-corrected chi connectivity index (χ1v) is 9.22. The Morgan fingerprint density at radius 1 is 1.19 bits per heavy atom. The summed E-state index contributed by atoms with van der Waals surface area (Å²) in [4.78, 5) is 23.2. The standard InChI is InChI=1S/C20H20N4O2/c25-18-8-15(12-24(18)11-13-4-3-5-13)19-22-20(26-23-19)17-10-21-9-14-6-1-2-7-16(14)17/h1-2,6-7,9-10,13,15H,3-5,8,11-12H2. The molecule has 0 N–H and O–H groups in total. The number of benzene rings is 1. The van der Waals surface area contributed by atoms with E-state index in [0.29, 0.717) is 30.6 Å². The van der Waals surface area contributed by atoms with Crippen LogP contribution in [0.25, 0.3) is 22.2 Å². The van der Waals surface area contributed by atoms with Gasteiger partial charge in [-0.25, -0.2) is 0 Å². The first kappa shape index (κ1) is 15.5. The minimum atomic E-state index is 0.0167. The predicted octanol–water partition coefficient (Wildman–Crippen LogP) is 3.40. The Morgan fingerprint density at radius 2 is 2.08 bits per heavy atom. The summed E-state index contributed by atoms with van der Waals surface area (Å²) in [5.41, 5.74) is 0.831. The van der Waals surface area contributed by atoms with E-state index in [4.69, 9.17) is 4.52 Å². The molecule has 1 amide bonds. The number of fused-ring (bicyclic) bond motifs is 1. The number of nitrogens with zero attached hydrogens (tertiary/aromatic N) is 4. The zero-order chi connectivity index (χ0) is 17.5. The van der Waals surface area contributed by atoms with Gasteiger partial charge in [-0.1, -0.05) is 35.8 Å². The number of likely N-dealkylation sites (tertiary alicyclic amines) is 1. The molecule has 0 radical (unpaired) electrons. The predicted molar refractivity (Wildman–Crippen MR) is 96.3 cm³/mol. The maximum atomic E-state index is 12.3. The van der Waals surface area contributed by atoms with E-state index in [1.165, 1.54) is 19.3 Å². The van der Waals surface area contributed by atoms with Crippen molar-refractivity contribution in [3.05, 3.63) is 42.5 Å². The van der Waals surface area contributed by atoms with Gasteiger partial charge in [0.25, 0.3) is 5.89 Å². The number of pyridine rings is 1. The van der Waals surface area contributed by atoms with Crippen molar-refractivity contribution >= 4 is 16.7 Å². The lowest BCUT2D eigenvalue weighted by Gasteiger charge is -2.30. The quantitative estimate of drug-likeness (QED) is 0.722. The van der Waals surface area contributed by atoms with Crippen LogP contribution >= 0.6 is 0 Å². The fourth-order valence-corrected chi connectivity index (χ4v) is 3.91. The molecule has 1 saturated heterocycles. The molecule has 0 bridgehead atoms. The second kappa shape index (κ2) is 6.20. The van der Waals surface area contributed by atoms with E-state index >= 15 is 0 Å². The van der Waals surface area contributed by atoms with Crippen molar-refractivity contribution in [2.75, 3.05) is 13.1 Å². The van der Waals surface area contributed by atoms with Gasteiger partial charge in [-0.05, 0) is 24.1 Å². The fourth-order valence-electron chi connectivity index (χ4n) is 3.91. The zero-order valence-electron chi connectivity index (χ0n) is 14.5. The fraction of sp³-hybridized carbons (Fsp3) is 0.400. The molecule has 132 valence electrons. The highest BCUT2D eigenvalue weighted by Gasteiger charge is 2.35. The lowest BCUT2D eigenvalue weighted by molar-refractivity contribution is -0.128. The first-order chi connectivity index (χ1) is 12.8. The summed E-state index contributed by atoms with van der Waals surface area (Å²) in [6.07, 6.45) is 7.83. The van der Waals surface area contributed by atoms with Crippen LogP contribution in [0.3, 0.4) is 0 Å². The Bertz CT molecular complexity index is 958. The zero-order valence-corrected chi connectivity index (χ0v) is 14.5. The summed E-state index contributed by atoms with van der Waals surface area (Å²) < 4.78 is 5.52. The van der Waals surface area contributed by atoms with Gasteiger partial charge in [0.05, 0.1) is 5.56 Å². The SMILES string of the molecule is O=C1CC(c2noc(-c3cncc4ccccc34)n2)CN1CC1CCC1. The van der Waals surface area contributed by atoms with Crippen molar-refractivity contribution in [1.29, 1.82) is 0 Å². The average molecular weight is 348 g/mol. The Morgan fingerprint density at radius 3 is 2.92 bits per heavy atom. The van der Waals surface area contributed by atoms with Crippen LogP contribution in [-0.4, -0.2) is 39.0 Å². The summed E-state index contributed by atoms with van der Waals surface area (Å²) in [5, 5.41) is 6.24. The van der Waals surface area contributed by atoms with Crippen LogP contribution in [0.5, 0.6) is 0 Å². The molecule has 26 heavy (non-hydrogen) atoms. The highest BCUT2D eigenvalue weighted by molar-refractivity contribution is 5.93. The van der Waals surface area contributed by atoms with Gasteiger partial charge in [-0.15, -0.1) is 0 Å². The molecule has 6 heteroatoms. The van der Waals surface area contributed by atoms with Crippen LogP contribution in [0, 0.1) is 5.92 Å². The Kier molecular flexibility index (Phi) is 3.69. The molecule has 3 heterocycles. The maximum Gasteiger partial charge on any atom is 0.260 e. The highest BCUT2D eigenvalue weighted by Crippen LogP contribution is 2.33. The third kappa shape index (κ3) is 2.66. The van der Waals surface area contributed by atoms with Crippen LogP contribution in [0.1, 0.15) is 37.4 Å². The van der Waals surface area contributed by atoms with Gasteiger partial charge in [0, 0.05) is 43.2 Å². The molecule has 1 saturated carbocycles. The van der Waals surface area contributed by atoms with Crippen LogP contribution in [-0.2, 0) is 4.79 Å². The second-order valence-corrected chi connectivity index (χ2v) is 7.36. The van der Waals surface area contributed by atoms with Gasteiger partial charge in [-0.3, -0.25) is 9.78 Å². The van der Waals surface area contributed by atoms with E-state index in [2.05, 4.69) is 15.1 Å². The highest BCUT2D eigenvalue weighted by atomic mass is 16.5. The van der Waals surface area contributed by atoms with Gasteiger partial charge >= 0.3 is 0 Å². The third-order valence-corrected chi connectivity index (χ3v) is 5.62. The molecular formula is C20H20N4O2. The molecule has 2 fully saturated rings. The number of carbonyl (C=O) groups excluding carboxylic acids is 1. The molecule has 2 aliphatic rings. The van der Waals surface area contributed by atoms with Crippen molar-refractivity contribution in [3.63, 3.8) is 0 Å². The van der Waals surface area contributed by atoms with Crippen molar-refractivity contribution in [2.24, 2.45) is 5.92 Å². The van der Waals surface area contributed by atoms with Crippen molar-refractivity contribution in [2.45, 2.75) is 31.6 Å². The van der Waals surface area contributed by atoms with E-state index in [0.717, 1.165) is 22.9 Å². The Balaban J connectivity index is 1.39. The molecule has 3 aromatic rings. The monoisotopic (exact) mass is 348 g/mol. The van der Waals surface area contributed by atoms with E-state index in [1.54, 1.807) is 6.20 Å². The molecule has 1 aromatic carbocycles. The summed E-state index contributed by atoms with van der Waals surface area (Å²) in [6, 6.07) is 8.00. The van der Waals surface area contributed by atoms with Crippen LogP contribution < -0.4 is 0 Å². The minimum absolute atomic E-state index is 0.0167. The number of aromatic nitrogens is 3. The van der Waals surface area contributed by atoms with Crippen molar-refractivity contribution in [1.82, 2.24) is 20.0 Å². The summed E-state index contributed by atoms with van der Waals surface area (Å²) >= 11 is 0. The van der Waals surface area contributed by atoms with Gasteiger partial charge in [0.1, 0.15) is 0 Å². The normalized spacial score (nSPS) is 20.7. The number of hydrogen-bond acceptors (Lipinski definition) is 5. The largest absolute Gasteiger partial charge is 0.342 e. The number of carbonyl (C=O) groups is 1. The van der Waals surface area contributed by atoms with Gasteiger partial charge in [0.15, 0.2) is 5.82 Å². The topological polar surface area (TPSA) is 72.1 Å². The summed E-state index contributed by atoms with van der Waals surface area (Å²) in [7, 11) is 0. The number of hydrogen-bond donors (Lipinski definition) is 0. The second-order valence-electron chi connectivity index (χ2n) is 7.36. The minimum Gasteiger partial charge on any atom is -0.342 e. The lowest BCUT2D eigenvalue weighted by Crippen LogP contribution is -2.33. The van der Waals surface area contributed by atoms with Gasteiger partial charge in [-0.2, -0.15) is 4.98 Å².